The lowest BCUT2D eigenvalue weighted by atomic mass is 9.96. The van der Waals surface area contributed by atoms with Gasteiger partial charge in [0.25, 0.3) is 0 Å². The number of allylic oxidation sites excluding steroid dienone is 1. The third kappa shape index (κ3) is 4.43. The largest absolute Gasteiger partial charge is 0.504 e. The minimum absolute atomic E-state index is 0.00158. The summed E-state index contributed by atoms with van der Waals surface area (Å²) in [5, 5.41) is 18.4. The predicted molar refractivity (Wildman–Crippen MR) is 120 cm³/mol. The number of para-hydroxylation sites is 1. The Labute approximate surface area is 182 Å². The Balaban J connectivity index is 1.22. The zero-order chi connectivity index (χ0) is 21.1. The quantitative estimate of drug-likeness (QED) is 0.289. The van der Waals surface area contributed by atoms with Gasteiger partial charge >= 0.3 is 0 Å². The van der Waals surface area contributed by atoms with Crippen molar-refractivity contribution in [2.45, 2.75) is 31.7 Å². The lowest BCUT2D eigenvalue weighted by molar-refractivity contribution is -0.126. The smallest absolute Gasteiger partial charge is 0.243 e. The molecule has 2 fully saturated rings. The number of carbonyl (C=O) groups excluding carboxylic acids is 1. The maximum atomic E-state index is 12.5. The second kappa shape index (κ2) is 9.04. The van der Waals surface area contributed by atoms with Crippen molar-refractivity contribution < 1.29 is 14.6 Å². The number of nitrogens with zero attached hydrogens (tertiary/aromatic N) is 2. The highest BCUT2D eigenvalue weighted by Gasteiger charge is 2.36. The van der Waals surface area contributed by atoms with Gasteiger partial charge in [-0.05, 0) is 61.9 Å². The highest BCUT2D eigenvalue weighted by atomic mass is 32.1. The molecule has 30 heavy (non-hydrogen) atoms. The van der Waals surface area contributed by atoms with E-state index in [0.717, 1.165) is 31.0 Å². The molecule has 2 aliphatic carbocycles. The highest BCUT2D eigenvalue weighted by Crippen LogP contribution is 2.39. The van der Waals surface area contributed by atoms with E-state index < -0.39 is 0 Å². The van der Waals surface area contributed by atoms with Crippen LogP contribution in [0, 0.1) is 17.8 Å². The number of benzene rings is 1. The molecule has 3 aliphatic rings. The topological polar surface area (TPSA) is 86.2 Å². The normalized spacial score (nSPS) is 25.6. The molecule has 1 aliphatic heterocycles. The molecule has 3 unspecified atom stereocenters. The summed E-state index contributed by atoms with van der Waals surface area (Å²) < 4.78 is 5.07. The van der Waals surface area contributed by atoms with Gasteiger partial charge in [-0.1, -0.05) is 18.2 Å². The van der Waals surface area contributed by atoms with Gasteiger partial charge in [0, 0.05) is 30.6 Å². The maximum absolute atomic E-state index is 12.5. The highest BCUT2D eigenvalue weighted by molar-refractivity contribution is 7.80. The van der Waals surface area contributed by atoms with E-state index in [0.29, 0.717) is 29.2 Å². The van der Waals surface area contributed by atoms with Crippen LogP contribution in [0.2, 0.25) is 0 Å². The van der Waals surface area contributed by atoms with Gasteiger partial charge in [-0.15, -0.1) is 0 Å². The summed E-state index contributed by atoms with van der Waals surface area (Å²) in [5.41, 5.74) is 3.07. The Bertz CT molecular complexity index is 864. The first-order valence-electron chi connectivity index (χ1n) is 10.5. The van der Waals surface area contributed by atoms with Gasteiger partial charge in [0.05, 0.1) is 13.3 Å². The molecule has 1 saturated heterocycles. The van der Waals surface area contributed by atoms with Crippen molar-refractivity contribution in [2.24, 2.45) is 22.9 Å². The fourth-order valence-corrected chi connectivity index (χ4v) is 4.94. The lowest BCUT2D eigenvalue weighted by Gasteiger charge is -2.35. The Morgan fingerprint density at radius 1 is 1.30 bits per heavy atom. The molecule has 160 valence electrons. The van der Waals surface area contributed by atoms with Gasteiger partial charge in [0.1, 0.15) is 0 Å². The number of carbonyl (C=O) groups is 1. The van der Waals surface area contributed by atoms with E-state index in [4.69, 9.17) is 17.0 Å². The summed E-state index contributed by atoms with van der Waals surface area (Å²) in [4.78, 5) is 14.6. The molecule has 0 radical (unpaired) electrons. The van der Waals surface area contributed by atoms with Crippen molar-refractivity contribution in [1.82, 2.24) is 15.6 Å². The molecule has 3 N–H and O–H groups in total. The molecule has 1 amide bonds. The number of amides is 1. The Hall–Kier alpha value is -2.61. The van der Waals surface area contributed by atoms with Gasteiger partial charge in [0.2, 0.25) is 5.91 Å². The van der Waals surface area contributed by atoms with Crippen molar-refractivity contribution in [2.75, 3.05) is 20.2 Å². The molecule has 0 spiro atoms. The van der Waals surface area contributed by atoms with Crippen molar-refractivity contribution in [3.05, 3.63) is 35.9 Å². The zero-order valence-corrected chi connectivity index (χ0v) is 17.9. The Morgan fingerprint density at radius 3 is 2.77 bits per heavy atom. The molecule has 1 aromatic rings. The number of likely N-dealkylation sites (tertiary alicyclic amines) is 1. The molecule has 7 nitrogen and oxygen atoms in total. The number of phenolic OH excluding ortho intramolecular Hbond substituents is 1. The molecule has 4 rings (SSSR count). The molecule has 1 aromatic carbocycles. The van der Waals surface area contributed by atoms with Crippen LogP contribution in [0.1, 0.15) is 31.2 Å². The van der Waals surface area contributed by atoms with Gasteiger partial charge in [-0.25, -0.2) is 5.43 Å². The van der Waals surface area contributed by atoms with E-state index in [1.807, 2.05) is 0 Å². The van der Waals surface area contributed by atoms with Crippen LogP contribution in [0.15, 0.2) is 35.5 Å². The molecular weight excluding hydrogens is 400 g/mol. The fraction of sp³-hybridized carbons (Fsp3) is 0.500. The van der Waals surface area contributed by atoms with E-state index in [9.17, 15) is 9.90 Å². The summed E-state index contributed by atoms with van der Waals surface area (Å²) in [7, 11) is 1.49. The molecule has 3 atom stereocenters. The molecular formula is C22H28N4O3S. The SMILES string of the molecule is COc1cccc(C=NNC(=O)C2CCN(C(=S)NC3CC4C=CC3C4)CC2)c1O. The first-order valence-corrected chi connectivity index (χ1v) is 10.9. The number of methoxy groups -OCH3 is 1. The van der Waals surface area contributed by atoms with Crippen molar-refractivity contribution in [3.63, 3.8) is 0 Å². The average molecular weight is 429 g/mol. The number of fused-ring (bicyclic) bond motifs is 2. The zero-order valence-electron chi connectivity index (χ0n) is 17.1. The number of hydrogen-bond acceptors (Lipinski definition) is 5. The minimum atomic E-state index is -0.106. The van der Waals surface area contributed by atoms with Crippen molar-refractivity contribution in [1.29, 1.82) is 0 Å². The molecule has 2 bridgehead atoms. The van der Waals surface area contributed by atoms with E-state index in [2.05, 4.69) is 32.9 Å². The Morgan fingerprint density at radius 2 is 2.10 bits per heavy atom. The molecule has 1 saturated carbocycles. The number of aromatic hydroxyl groups is 1. The summed E-state index contributed by atoms with van der Waals surface area (Å²) >= 11 is 5.62. The summed E-state index contributed by atoms with van der Waals surface area (Å²) in [5.74, 6) is 1.49. The number of ether oxygens (including phenoxy) is 1. The molecule has 8 heteroatoms. The molecule has 0 aromatic heterocycles. The van der Waals surface area contributed by atoms with Crippen LogP contribution in [-0.4, -0.2) is 53.5 Å². The van der Waals surface area contributed by atoms with E-state index >= 15 is 0 Å². The van der Waals surface area contributed by atoms with Crippen molar-refractivity contribution in [3.8, 4) is 11.5 Å². The van der Waals surface area contributed by atoms with Crippen LogP contribution < -0.4 is 15.5 Å². The van der Waals surface area contributed by atoms with Gasteiger partial charge in [-0.3, -0.25) is 4.79 Å². The van der Waals surface area contributed by atoms with E-state index in [1.54, 1.807) is 18.2 Å². The predicted octanol–water partition coefficient (Wildman–Crippen LogP) is 2.40. The summed E-state index contributed by atoms with van der Waals surface area (Å²) in [6.45, 7) is 1.53. The number of thiocarbonyl (C=S) groups is 1. The first-order chi connectivity index (χ1) is 14.5. The van der Waals surface area contributed by atoms with Crippen molar-refractivity contribution >= 4 is 29.5 Å². The van der Waals surface area contributed by atoms with Crippen LogP contribution in [0.3, 0.4) is 0 Å². The number of piperidine rings is 1. The van der Waals surface area contributed by atoms with Crippen LogP contribution >= 0.6 is 12.2 Å². The van der Waals surface area contributed by atoms with Gasteiger partial charge in [-0.2, -0.15) is 5.10 Å². The standard InChI is InChI=1S/C22H28N4O3S/c1-29-19-4-2-3-17(20(19)27)13-23-25-21(28)15-7-9-26(10-8-15)22(30)24-18-12-14-5-6-16(18)11-14/h2-6,13-16,18,27H,7-12H2,1H3,(H,24,30)(H,25,28). The van der Waals surface area contributed by atoms with Gasteiger partial charge in [0.15, 0.2) is 16.6 Å². The van der Waals surface area contributed by atoms with Gasteiger partial charge < -0.3 is 20.1 Å². The van der Waals surface area contributed by atoms with Crippen LogP contribution in [-0.2, 0) is 4.79 Å². The third-order valence-corrected chi connectivity index (χ3v) is 6.75. The summed E-state index contributed by atoms with van der Waals surface area (Å²) in [6, 6.07) is 5.57. The van der Waals surface area contributed by atoms with Crippen LogP contribution in [0.5, 0.6) is 11.5 Å². The minimum Gasteiger partial charge on any atom is -0.504 e. The molecule has 1 heterocycles. The van der Waals surface area contributed by atoms with Crippen LogP contribution in [0.4, 0.5) is 0 Å². The number of hydrogen-bond donors (Lipinski definition) is 3. The summed E-state index contributed by atoms with van der Waals surface area (Å²) in [6.07, 6.45) is 9.96. The fourth-order valence-electron chi connectivity index (χ4n) is 4.61. The van der Waals surface area contributed by atoms with E-state index in [-0.39, 0.29) is 17.6 Å². The van der Waals surface area contributed by atoms with Crippen LogP contribution in [0.25, 0.3) is 0 Å². The average Bonchev–Trinajstić information content (AvgIpc) is 3.38. The second-order valence-electron chi connectivity index (χ2n) is 8.23. The maximum Gasteiger partial charge on any atom is 0.243 e. The van der Waals surface area contributed by atoms with E-state index in [1.165, 1.54) is 26.2 Å². The number of nitrogens with one attached hydrogen (secondary N) is 2. The second-order valence-corrected chi connectivity index (χ2v) is 8.62. The number of hydrazone groups is 1. The third-order valence-electron chi connectivity index (χ3n) is 6.37. The number of rotatable bonds is 5. The Kier molecular flexibility index (Phi) is 6.22. The monoisotopic (exact) mass is 428 g/mol. The number of phenols is 1. The lowest BCUT2D eigenvalue weighted by Crippen LogP contribution is -2.49. The first kappa shape index (κ1) is 20.7.